The molecule has 5 rings (SSSR count). The summed E-state index contributed by atoms with van der Waals surface area (Å²) in [5, 5.41) is 0. The molecule has 0 radical (unpaired) electrons. The Bertz CT molecular complexity index is 831. The minimum Gasteiger partial charge on any atom is -0.310 e. The lowest BCUT2D eigenvalue weighted by Crippen LogP contribution is -2.57. The first kappa shape index (κ1) is 19.8. The van der Waals surface area contributed by atoms with Crippen LogP contribution in [0.1, 0.15) is 50.2 Å². The lowest BCUT2D eigenvalue weighted by Gasteiger charge is -2.42. The van der Waals surface area contributed by atoms with Gasteiger partial charge in [-0.05, 0) is 68.9 Å². The maximum Gasteiger partial charge on any atom is 0.327 e. The Morgan fingerprint density at radius 3 is 2.33 bits per heavy atom. The van der Waals surface area contributed by atoms with E-state index < -0.39 is 5.54 Å². The Morgan fingerprint density at radius 1 is 1.03 bits per heavy atom. The highest BCUT2D eigenvalue weighted by Gasteiger charge is 2.59. The number of benzene rings is 1. The van der Waals surface area contributed by atoms with Crippen molar-refractivity contribution < 1.29 is 9.59 Å². The van der Waals surface area contributed by atoms with Gasteiger partial charge in [-0.3, -0.25) is 9.69 Å². The normalized spacial score (nSPS) is 26.8. The van der Waals surface area contributed by atoms with E-state index in [1.807, 2.05) is 24.0 Å². The zero-order chi connectivity index (χ0) is 20.7. The Labute approximate surface area is 179 Å². The molecule has 4 aliphatic rings. The van der Waals surface area contributed by atoms with Crippen molar-refractivity contribution in [3.05, 3.63) is 47.5 Å². The monoisotopic (exact) mass is 407 g/mol. The first-order valence-corrected chi connectivity index (χ1v) is 11.7. The maximum atomic E-state index is 13.7. The Hall–Kier alpha value is -2.14. The van der Waals surface area contributed by atoms with Crippen molar-refractivity contribution in [3.8, 4) is 0 Å². The van der Waals surface area contributed by atoms with E-state index in [0.717, 1.165) is 51.2 Å². The molecule has 2 fully saturated rings. The summed E-state index contributed by atoms with van der Waals surface area (Å²) in [5.74, 6) is 0.799. The second kappa shape index (κ2) is 7.84. The molecule has 1 spiro atoms. The molecule has 1 aromatic carbocycles. The van der Waals surface area contributed by atoms with Crippen LogP contribution in [-0.4, -0.2) is 64.4 Å². The van der Waals surface area contributed by atoms with Crippen molar-refractivity contribution >= 4 is 11.9 Å². The van der Waals surface area contributed by atoms with Gasteiger partial charge in [-0.2, -0.15) is 0 Å². The number of piperidine rings is 1. The average Bonchev–Trinajstić information content (AvgIpc) is 3.27. The SMILES string of the molecule is CCN1C(=O)N(C2Cc3ccccc3C2)C(=O)C12CCN(C[C@@H]1CC=CCC1)CC2. The number of fused-ring (bicyclic) bond motifs is 1. The fourth-order valence-electron chi connectivity index (χ4n) is 6.19. The first-order chi connectivity index (χ1) is 14.6. The van der Waals surface area contributed by atoms with Gasteiger partial charge in [0.15, 0.2) is 0 Å². The number of likely N-dealkylation sites (N-methyl/N-ethyl adjacent to an activating group) is 1. The van der Waals surface area contributed by atoms with Gasteiger partial charge in [-0.15, -0.1) is 0 Å². The largest absolute Gasteiger partial charge is 0.327 e. The number of amides is 3. The number of urea groups is 1. The summed E-state index contributed by atoms with van der Waals surface area (Å²) < 4.78 is 0. The van der Waals surface area contributed by atoms with Crippen LogP contribution in [0.25, 0.3) is 0 Å². The zero-order valence-corrected chi connectivity index (χ0v) is 18.1. The van der Waals surface area contributed by atoms with Crippen LogP contribution in [0.2, 0.25) is 0 Å². The summed E-state index contributed by atoms with van der Waals surface area (Å²) in [7, 11) is 0. The lowest BCUT2D eigenvalue weighted by molar-refractivity contribution is -0.137. The fraction of sp³-hybridized carbons (Fsp3) is 0.600. The van der Waals surface area contributed by atoms with Gasteiger partial charge < -0.3 is 9.80 Å². The molecule has 5 heteroatoms. The summed E-state index contributed by atoms with van der Waals surface area (Å²) in [4.78, 5) is 33.1. The van der Waals surface area contributed by atoms with Crippen molar-refractivity contribution in [2.75, 3.05) is 26.2 Å². The summed E-state index contributed by atoms with van der Waals surface area (Å²) in [5.41, 5.74) is 1.94. The van der Waals surface area contributed by atoms with Gasteiger partial charge in [-0.1, -0.05) is 36.4 Å². The number of allylic oxidation sites excluding steroid dienone is 2. The Balaban J connectivity index is 1.30. The molecule has 0 aromatic heterocycles. The topological polar surface area (TPSA) is 43.9 Å². The van der Waals surface area contributed by atoms with Crippen molar-refractivity contribution in [2.45, 2.75) is 63.5 Å². The molecule has 30 heavy (non-hydrogen) atoms. The molecule has 5 nitrogen and oxygen atoms in total. The number of hydrogen-bond donors (Lipinski definition) is 0. The van der Waals surface area contributed by atoms with E-state index in [2.05, 4.69) is 29.2 Å². The molecule has 2 heterocycles. The molecular formula is C25H33N3O2. The quantitative estimate of drug-likeness (QED) is 0.566. The third kappa shape index (κ3) is 3.18. The van der Waals surface area contributed by atoms with Crippen LogP contribution in [0.15, 0.2) is 36.4 Å². The number of hydrogen-bond acceptors (Lipinski definition) is 3. The van der Waals surface area contributed by atoms with Gasteiger partial charge in [0, 0.05) is 32.2 Å². The van der Waals surface area contributed by atoms with Crippen molar-refractivity contribution in [3.63, 3.8) is 0 Å². The minimum atomic E-state index is -0.621. The molecule has 160 valence electrons. The predicted molar refractivity (Wildman–Crippen MR) is 117 cm³/mol. The number of nitrogens with zero attached hydrogens (tertiary/aromatic N) is 3. The molecule has 0 N–H and O–H groups in total. The summed E-state index contributed by atoms with van der Waals surface area (Å²) in [6, 6.07) is 8.27. The van der Waals surface area contributed by atoms with E-state index in [1.54, 1.807) is 4.90 Å². The van der Waals surface area contributed by atoms with E-state index in [0.29, 0.717) is 6.54 Å². The number of likely N-dealkylation sites (tertiary alicyclic amines) is 1. The van der Waals surface area contributed by atoms with Gasteiger partial charge in [0.1, 0.15) is 5.54 Å². The van der Waals surface area contributed by atoms with Crippen LogP contribution in [0, 0.1) is 5.92 Å². The minimum absolute atomic E-state index is 0.0251. The second-order valence-corrected chi connectivity index (χ2v) is 9.52. The molecule has 0 bridgehead atoms. The molecular weight excluding hydrogens is 374 g/mol. The number of imide groups is 1. The fourth-order valence-corrected chi connectivity index (χ4v) is 6.19. The van der Waals surface area contributed by atoms with E-state index >= 15 is 0 Å². The molecule has 2 aliphatic carbocycles. The average molecular weight is 408 g/mol. The third-order valence-corrected chi connectivity index (χ3v) is 7.86. The van der Waals surface area contributed by atoms with Gasteiger partial charge in [-0.25, -0.2) is 4.79 Å². The van der Waals surface area contributed by atoms with Crippen molar-refractivity contribution in [2.24, 2.45) is 5.92 Å². The number of rotatable bonds is 4. The molecule has 0 unspecified atom stereocenters. The highest BCUT2D eigenvalue weighted by molar-refractivity contribution is 6.07. The van der Waals surface area contributed by atoms with E-state index in [4.69, 9.17) is 0 Å². The van der Waals surface area contributed by atoms with Gasteiger partial charge >= 0.3 is 6.03 Å². The van der Waals surface area contributed by atoms with E-state index in [9.17, 15) is 9.59 Å². The highest BCUT2D eigenvalue weighted by atomic mass is 16.2. The first-order valence-electron chi connectivity index (χ1n) is 11.7. The Morgan fingerprint density at radius 2 is 1.73 bits per heavy atom. The highest BCUT2D eigenvalue weighted by Crippen LogP contribution is 2.40. The maximum absolute atomic E-state index is 13.7. The molecule has 1 atom stereocenters. The smallest absolute Gasteiger partial charge is 0.310 e. The Kier molecular flexibility index (Phi) is 5.18. The van der Waals surface area contributed by atoms with Gasteiger partial charge in [0.25, 0.3) is 5.91 Å². The van der Waals surface area contributed by atoms with E-state index in [-0.39, 0.29) is 18.0 Å². The van der Waals surface area contributed by atoms with Crippen LogP contribution in [0.5, 0.6) is 0 Å². The molecule has 1 aromatic rings. The van der Waals surface area contributed by atoms with Crippen LogP contribution in [0.3, 0.4) is 0 Å². The van der Waals surface area contributed by atoms with E-state index in [1.165, 1.54) is 30.4 Å². The molecule has 3 amide bonds. The van der Waals surface area contributed by atoms with Crippen LogP contribution < -0.4 is 0 Å². The van der Waals surface area contributed by atoms with Crippen LogP contribution >= 0.6 is 0 Å². The number of carbonyl (C=O) groups excluding carboxylic acids is 2. The van der Waals surface area contributed by atoms with Crippen LogP contribution in [-0.2, 0) is 17.6 Å². The summed E-state index contributed by atoms with van der Waals surface area (Å²) in [6.45, 7) is 5.56. The molecule has 0 saturated carbocycles. The molecule has 2 aliphatic heterocycles. The standard InChI is InChI=1S/C25H33N3O2/c1-2-27-24(30)28(22-16-20-10-6-7-11-21(20)17-22)23(29)25(27)12-14-26(15-13-25)18-19-8-4-3-5-9-19/h3-4,6-7,10-11,19,22H,2,5,8-9,12-18H2,1H3/t19-/m1/s1. The second-order valence-electron chi connectivity index (χ2n) is 9.52. The summed E-state index contributed by atoms with van der Waals surface area (Å²) in [6.07, 6.45) is 11.4. The summed E-state index contributed by atoms with van der Waals surface area (Å²) >= 11 is 0. The lowest BCUT2D eigenvalue weighted by atomic mass is 9.84. The predicted octanol–water partition coefficient (Wildman–Crippen LogP) is 3.63. The zero-order valence-electron chi connectivity index (χ0n) is 18.1. The third-order valence-electron chi connectivity index (χ3n) is 7.86. The van der Waals surface area contributed by atoms with Crippen LogP contribution in [0.4, 0.5) is 4.79 Å². The van der Waals surface area contributed by atoms with Gasteiger partial charge in [0.05, 0.1) is 0 Å². The van der Waals surface area contributed by atoms with Crippen molar-refractivity contribution in [1.29, 1.82) is 0 Å². The van der Waals surface area contributed by atoms with Crippen molar-refractivity contribution in [1.82, 2.24) is 14.7 Å². The molecule has 2 saturated heterocycles. The van der Waals surface area contributed by atoms with Gasteiger partial charge in [0.2, 0.25) is 0 Å². The number of carbonyl (C=O) groups is 2.